The molecular formula is C20H25BrN2O. The van der Waals surface area contributed by atoms with Crippen molar-refractivity contribution in [1.29, 1.82) is 0 Å². The maximum Gasteiger partial charge on any atom is 0.127 e. The van der Waals surface area contributed by atoms with Crippen LogP contribution in [-0.4, -0.2) is 43.0 Å². The summed E-state index contributed by atoms with van der Waals surface area (Å²) in [5, 5.41) is 0. The quantitative estimate of drug-likeness (QED) is 0.767. The second-order valence-electron chi connectivity index (χ2n) is 6.56. The summed E-state index contributed by atoms with van der Waals surface area (Å²) in [5.74, 6) is 1.03. The third-order valence-electron chi connectivity index (χ3n) is 4.53. The standard InChI is InChI=1S/C20H25BrN2O/c1-16-12-19(21)13-18(14-23-10-8-22(2)9-11-23)20(16)24-15-17-6-4-3-5-7-17/h3-7,12-13H,8-11,14-15H2,1-2H3. The molecule has 3 rings (SSSR count). The molecule has 1 fully saturated rings. The maximum atomic E-state index is 6.21. The summed E-state index contributed by atoms with van der Waals surface area (Å²) in [6.07, 6.45) is 0. The van der Waals surface area contributed by atoms with Crippen LogP contribution >= 0.6 is 15.9 Å². The Morgan fingerprint density at radius 1 is 1.04 bits per heavy atom. The minimum absolute atomic E-state index is 0.610. The van der Waals surface area contributed by atoms with Gasteiger partial charge in [0.05, 0.1) is 0 Å². The lowest BCUT2D eigenvalue weighted by Crippen LogP contribution is -2.43. The lowest BCUT2D eigenvalue weighted by atomic mass is 10.1. The highest BCUT2D eigenvalue weighted by atomic mass is 79.9. The highest BCUT2D eigenvalue weighted by Gasteiger charge is 2.17. The van der Waals surface area contributed by atoms with E-state index in [4.69, 9.17) is 4.74 Å². The molecule has 1 heterocycles. The highest BCUT2D eigenvalue weighted by molar-refractivity contribution is 9.10. The van der Waals surface area contributed by atoms with Crippen molar-refractivity contribution >= 4 is 15.9 Å². The third-order valence-corrected chi connectivity index (χ3v) is 4.99. The minimum atomic E-state index is 0.610. The Hall–Kier alpha value is -1.36. The van der Waals surface area contributed by atoms with Crippen LogP contribution in [-0.2, 0) is 13.2 Å². The minimum Gasteiger partial charge on any atom is -0.488 e. The molecule has 0 N–H and O–H groups in total. The van der Waals surface area contributed by atoms with Gasteiger partial charge in [0.1, 0.15) is 12.4 Å². The van der Waals surface area contributed by atoms with E-state index in [1.807, 2.05) is 6.07 Å². The van der Waals surface area contributed by atoms with Gasteiger partial charge in [0.2, 0.25) is 0 Å². The van der Waals surface area contributed by atoms with Gasteiger partial charge in [0.15, 0.2) is 0 Å². The zero-order chi connectivity index (χ0) is 16.9. The van der Waals surface area contributed by atoms with Crippen LogP contribution in [0.4, 0.5) is 0 Å². The molecule has 1 saturated heterocycles. The Morgan fingerprint density at radius 3 is 2.46 bits per heavy atom. The number of aryl methyl sites for hydroxylation is 1. The molecule has 0 bridgehead atoms. The monoisotopic (exact) mass is 388 g/mol. The van der Waals surface area contributed by atoms with Gasteiger partial charge in [-0.25, -0.2) is 0 Å². The van der Waals surface area contributed by atoms with Gasteiger partial charge in [-0.3, -0.25) is 4.90 Å². The zero-order valence-electron chi connectivity index (χ0n) is 14.5. The fraction of sp³-hybridized carbons (Fsp3) is 0.400. The second-order valence-corrected chi connectivity index (χ2v) is 7.48. The van der Waals surface area contributed by atoms with Crippen LogP contribution in [0.2, 0.25) is 0 Å². The summed E-state index contributed by atoms with van der Waals surface area (Å²) in [7, 11) is 2.19. The van der Waals surface area contributed by atoms with E-state index in [1.165, 1.54) is 16.7 Å². The smallest absolute Gasteiger partial charge is 0.127 e. The molecule has 0 amide bonds. The first-order chi connectivity index (χ1) is 11.6. The number of nitrogens with zero attached hydrogens (tertiary/aromatic N) is 2. The number of hydrogen-bond acceptors (Lipinski definition) is 3. The Kier molecular flexibility index (Phi) is 5.93. The molecule has 128 valence electrons. The van der Waals surface area contributed by atoms with Gasteiger partial charge >= 0.3 is 0 Å². The number of likely N-dealkylation sites (N-methyl/N-ethyl adjacent to an activating group) is 1. The summed E-state index contributed by atoms with van der Waals surface area (Å²) >= 11 is 3.64. The van der Waals surface area contributed by atoms with Crippen molar-refractivity contribution in [2.75, 3.05) is 33.2 Å². The molecule has 24 heavy (non-hydrogen) atoms. The van der Waals surface area contributed by atoms with Gasteiger partial charge in [-0.05, 0) is 37.2 Å². The summed E-state index contributed by atoms with van der Waals surface area (Å²) in [6, 6.07) is 14.7. The lowest BCUT2D eigenvalue weighted by molar-refractivity contribution is 0.146. The molecule has 0 aliphatic carbocycles. The van der Waals surface area contributed by atoms with Crippen LogP contribution in [0.3, 0.4) is 0 Å². The topological polar surface area (TPSA) is 15.7 Å². The predicted octanol–water partition coefficient (Wildman–Crippen LogP) is 4.08. The first-order valence-corrected chi connectivity index (χ1v) is 9.28. The highest BCUT2D eigenvalue weighted by Crippen LogP contribution is 2.30. The predicted molar refractivity (Wildman–Crippen MR) is 102 cm³/mol. The fourth-order valence-electron chi connectivity index (χ4n) is 3.10. The van der Waals surface area contributed by atoms with Gasteiger partial charge in [0, 0.05) is 42.8 Å². The molecule has 0 aromatic heterocycles. The van der Waals surface area contributed by atoms with Crippen LogP contribution in [0, 0.1) is 6.92 Å². The molecule has 1 aliphatic heterocycles. The van der Waals surface area contributed by atoms with Gasteiger partial charge in [-0.1, -0.05) is 46.3 Å². The number of hydrogen-bond donors (Lipinski definition) is 0. The first kappa shape index (κ1) is 17.5. The summed E-state index contributed by atoms with van der Waals surface area (Å²) in [5.41, 5.74) is 3.65. The summed E-state index contributed by atoms with van der Waals surface area (Å²) in [6.45, 7) is 8.16. The second kappa shape index (κ2) is 8.15. The van der Waals surface area contributed by atoms with E-state index < -0.39 is 0 Å². The molecule has 0 atom stereocenters. The lowest BCUT2D eigenvalue weighted by Gasteiger charge is -2.32. The zero-order valence-corrected chi connectivity index (χ0v) is 16.1. The van der Waals surface area contributed by atoms with Crippen LogP contribution in [0.15, 0.2) is 46.9 Å². The SMILES string of the molecule is Cc1cc(Br)cc(CN2CCN(C)CC2)c1OCc1ccccc1. The fourth-order valence-corrected chi connectivity index (χ4v) is 3.72. The molecule has 0 saturated carbocycles. The van der Waals surface area contributed by atoms with E-state index in [1.54, 1.807) is 0 Å². The molecule has 2 aromatic carbocycles. The Morgan fingerprint density at radius 2 is 1.75 bits per heavy atom. The van der Waals surface area contributed by atoms with Crippen molar-refractivity contribution in [3.63, 3.8) is 0 Å². The van der Waals surface area contributed by atoms with Crippen LogP contribution in [0.25, 0.3) is 0 Å². The molecular weight excluding hydrogens is 364 g/mol. The molecule has 0 unspecified atom stereocenters. The van der Waals surface area contributed by atoms with E-state index in [0.29, 0.717) is 6.61 Å². The average Bonchev–Trinajstić information content (AvgIpc) is 2.57. The third kappa shape index (κ3) is 4.59. The maximum absolute atomic E-state index is 6.21. The van der Waals surface area contributed by atoms with Crippen molar-refractivity contribution in [3.8, 4) is 5.75 Å². The molecule has 2 aromatic rings. The molecule has 1 aliphatic rings. The summed E-state index contributed by atoms with van der Waals surface area (Å²) in [4.78, 5) is 4.89. The summed E-state index contributed by atoms with van der Waals surface area (Å²) < 4.78 is 7.34. The van der Waals surface area contributed by atoms with Crippen molar-refractivity contribution in [2.24, 2.45) is 0 Å². The molecule has 0 spiro atoms. The van der Waals surface area contributed by atoms with E-state index in [0.717, 1.165) is 42.9 Å². The van der Waals surface area contributed by atoms with E-state index >= 15 is 0 Å². The number of piperazine rings is 1. The van der Waals surface area contributed by atoms with Crippen molar-refractivity contribution < 1.29 is 4.74 Å². The van der Waals surface area contributed by atoms with Gasteiger partial charge in [-0.2, -0.15) is 0 Å². The van der Waals surface area contributed by atoms with E-state index in [2.05, 4.69) is 76.1 Å². The van der Waals surface area contributed by atoms with Crippen LogP contribution in [0.5, 0.6) is 5.75 Å². The first-order valence-electron chi connectivity index (χ1n) is 8.48. The normalized spacial score (nSPS) is 16.3. The van der Waals surface area contributed by atoms with Crippen molar-refractivity contribution in [2.45, 2.75) is 20.1 Å². The largest absolute Gasteiger partial charge is 0.488 e. The molecule has 0 radical (unpaired) electrons. The molecule has 3 nitrogen and oxygen atoms in total. The van der Waals surface area contributed by atoms with Crippen LogP contribution < -0.4 is 4.74 Å². The van der Waals surface area contributed by atoms with Crippen molar-refractivity contribution in [1.82, 2.24) is 9.80 Å². The molecule has 4 heteroatoms. The Balaban J connectivity index is 1.74. The number of rotatable bonds is 5. The number of halogens is 1. The van der Waals surface area contributed by atoms with Crippen LogP contribution in [0.1, 0.15) is 16.7 Å². The Bertz CT molecular complexity index is 667. The number of benzene rings is 2. The van der Waals surface area contributed by atoms with Gasteiger partial charge < -0.3 is 9.64 Å². The van der Waals surface area contributed by atoms with Gasteiger partial charge in [-0.15, -0.1) is 0 Å². The van der Waals surface area contributed by atoms with E-state index in [-0.39, 0.29) is 0 Å². The van der Waals surface area contributed by atoms with Gasteiger partial charge in [0.25, 0.3) is 0 Å². The average molecular weight is 389 g/mol. The van der Waals surface area contributed by atoms with Crippen molar-refractivity contribution in [3.05, 3.63) is 63.6 Å². The van der Waals surface area contributed by atoms with E-state index in [9.17, 15) is 0 Å². The number of ether oxygens (including phenoxy) is 1. The Labute approximate surface area is 153 Å².